The van der Waals surface area contributed by atoms with Crippen molar-refractivity contribution < 1.29 is 9.53 Å². The molecule has 0 unspecified atom stereocenters. The Morgan fingerprint density at radius 3 is 2.72 bits per heavy atom. The minimum absolute atomic E-state index is 0.00561. The molecule has 0 aromatic heterocycles. The maximum Gasteiger partial charge on any atom is 0.226 e. The second kappa shape index (κ2) is 4.52. The lowest BCUT2D eigenvalue weighted by molar-refractivity contribution is -0.116. The van der Waals surface area contributed by atoms with E-state index in [1.165, 1.54) is 0 Å². The highest BCUT2D eigenvalue weighted by Gasteiger charge is 2.28. The zero-order valence-electron chi connectivity index (χ0n) is 11.3. The summed E-state index contributed by atoms with van der Waals surface area (Å²) < 4.78 is 5.73. The van der Waals surface area contributed by atoms with Gasteiger partial charge < -0.3 is 15.4 Å². The molecule has 0 saturated carbocycles. The fourth-order valence-electron chi connectivity index (χ4n) is 2.11. The first-order valence-electron chi connectivity index (χ1n) is 6.25. The van der Waals surface area contributed by atoms with Gasteiger partial charge in [0.15, 0.2) is 0 Å². The Hall–Kier alpha value is -1.71. The summed E-state index contributed by atoms with van der Waals surface area (Å²) in [6.07, 6.45) is 0.507. The molecular formula is C14H20N2O2. The number of hydrogen-bond acceptors (Lipinski definition) is 3. The Morgan fingerprint density at radius 1 is 1.33 bits per heavy atom. The van der Waals surface area contributed by atoms with Crippen LogP contribution in [0.1, 0.15) is 34.1 Å². The molecule has 1 amide bonds. The van der Waals surface area contributed by atoms with Gasteiger partial charge in [-0.2, -0.15) is 0 Å². The van der Waals surface area contributed by atoms with Crippen LogP contribution in [0.2, 0.25) is 0 Å². The molecule has 2 rings (SSSR count). The van der Waals surface area contributed by atoms with Crippen LogP contribution in [0.25, 0.3) is 0 Å². The summed E-state index contributed by atoms with van der Waals surface area (Å²) in [6.45, 7) is 7.96. The SMILES string of the molecule is CC(C)Oc1cccc2c1NC(=O)CC(C)(C)N2. The van der Waals surface area contributed by atoms with E-state index in [4.69, 9.17) is 4.74 Å². The van der Waals surface area contributed by atoms with Gasteiger partial charge in [-0.15, -0.1) is 0 Å². The van der Waals surface area contributed by atoms with Gasteiger partial charge in [0.05, 0.1) is 11.8 Å². The molecular weight excluding hydrogens is 228 g/mol. The first-order chi connectivity index (χ1) is 8.37. The third-order valence-corrected chi connectivity index (χ3v) is 2.73. The maximum absolute atomic E-state index is 11.9. The second-order valence-corrected chi connectivity index (χ2v) is 5.58. The summed E-state index contributed by atoms with van der Waals surface area (Å²) in [7, 11) is 0. The summed E-state index contributed by atoms with van der Waals surface area (Å²) in [5.74, 6) is 0.715. The van der Waals surface area contributed by atoms with Crippen molar-refractivity contribution in [1.29, 1.82) is 0 Å². The van der Waals surface area contributed by atoms with Crippen molar-refractivity contribution in [2.24, 2.45) is 0 Å². The minimum atomic E-state index is -0.258. The molecule has 1 heterocycles. The molecule has 0 atom stereocenters. The molecule has 0 fully saturated rings. The van der Waals surface area contributed by atoms with Crippen molar-refractivity contribution in [3.05, 3.63) is 18.2 Å². The van der Waals surface area contributed by atoms with Crippen LogP contribution in [0.3, 0.4) is 0 Å². The number of carbonyl (C=O) groups is 1. The first-order valence-corrected chi connectivity index (χ1v) is 6.25. The Bertz CT molecular complexity index is 467. The number of benzene rings is 1. The van der Waals surface area contributed by atoms with Crippen LogP contribution in [0, 0.1) is 0 Å². The number of fused-ring (bicyclic) bond motifs is 1. The molecule has 2 N–H and O–H groups in total. The number of ether oxygens (including phenoxy) is 1. The smallest absolute Gasteiger partial charge is 0.226 e. The van der Waals surface area contributed by atoms with Crippen LogP contribution in [-0.2, 0) is 4.79 Å². The number of anilines is 2. The van der Waals surface area contributed by atoms with Crippen LogP contribution in [0.5, 0.6) is 5.75 Å². The van der Waals surface area contributed by atoms with Crippen LogP contribution in [0.15, 0.2) is 18.2 Å². The van der Waals surface area contributed by atoms with Gasteiger partial charge in [-0.1, -0.05) is 6.07 Å². The highest BCUT2D eigenvalue weighted by atomic mass is 16.5. The minimum Gasteiger partial charge on any atom is -0.489 e. The van der Waals surface area contributed by atoms with Gasteiger partial charge in [-0.25, -0.2) is 0 Å². The standard InChI is InChI=1S/C14H20N2O2/c1-9(2)18-11-7-5-6-10-13(11)15-12(17)8-14(3,4)16-10/h5-7,9,16H,8H2,1-4H3,(H,15,17). The van der Waals surface area contributed by atoms with E-state index < -0.39 is 0 Å². The van der Waals surface area contributed by atoms with Crippen molar-refractivity contribution in [3.8, 4) is 5.75 Å². The maximum atomic E-state index is 11.9. The van der Waals surface area contributed by atoms with E-state index in [1.54, 1.807) is 0 Å². The summed E-state index contributed by atoms with van der Waals surface area (Å²) in [5.41, 5.74) is 1.39. The molecule has 0 spiro atoms. The summed E-state index contributed by atoms with van der Waals surface area (Å²) in [4.78, 5) is 11.9. The lowest BCUT2D eigenvalue weighted by Crippen LogP contribution is -2.32. The first kappa shape index (κ1) is 12.7. The van der Waals surface area contributed by atoms with Gasteiger partial charge >= 0.3 is 0 Å². The van der Waals surface area contributed by atoms with Crippen molar-refractivity contribution >= 4 is 17.3 Å². The molecule has 1 aromatic rings. The highest BCUT2D eigenvalue weighted by Crippen LogP contribution is 2.37. The molecule has 98 valence electrons. The van der Waals surface area contributed by atoms with Gasteiger partial charge in [0.25, 0.3) is 0 Å². The number of hydrogen-bond donors (Lipinski definition) is 2. The molecule has 0 radical (unpaired) electrons. The molecule has 0 bridgehead atoms. The molecule has 18 heavy (non-hydrogen) atoms. The van der Waals surface area contributed by atoms with Crippen LogP contribution < -0.4 is 15.4 Å². The summed E-state index contributed by atoms with van der Waals surface area (Å²) in [5, 5.41) is 6.30. The normalized spacial score (nSPS) is 17.5. The summed E-state index contributed by atoms with van der Waals surface area (Å²) >= 11 is 0. The van der Waals surface area contributed by atoms with Crippen molar-refractivity contribution in [2.45, 2.75) is 45.8 Å². The fourth-order valence-corrected chi connectivity index (χ4v) is 2.11. The molecule has 4 heteroatoms. The van der Waals surface area contributed by atoms with Gasteiger partial charge in [0.1, 0.15) is 11.4 Å². The average Bonchev–Trinajstić information content (AvgIpc) is 2.31. The predicted octanol–water partition coefficient (Wildman–Crippen LogP) is 3.01. The monoisotopic (exact) mass is 248 g/mol. The highest BCUT2D eigenvalue weighted by molar-refractivity contribution is 5.99. The zero-order valence-corrected chi connectivity index (χ0v) is 11.3. The molecule has 0 aliphatic carbocycles. The summed E-state index contributed by atoms with van der Waals surface area (Å²) in [6, 6.07) is 5.76. The Labute approximate surface area is 108 Å². The van der Waals surface area contributed by atoms with E-state index in [1.807, 2.05) is 45.9 Å². The van der Waals surface area contributed by atoms with Gasteiger partial charge in [-0.3, -0.25) is 4.79 Å². The van der Waals surface area contributed by atoms with Crippen molar-refractivity contribution in [2.75, 3.05) is 10.6 Å². The molecule has 4 nitrogen and oxygen atoms in total. The lowest BCUT2D eigenvalue weighted by atomic mass is 10.0. The van der Waals surface area contributed by atoms with E-state index in [0.29, 0.717) is 12.2 Å². The zero-order chi connectivity index (χ0) is 13.3. The Balaban J connectivity index is 2.42. The number of carbonyl (C=O) groups excluding carboxylic acids is 1. The van der Waals surface area contributed by atoms with E-state index >= 15 is 0 Å². The van der Waals surface area contributed by atoms with E-state index in [2.05, 4.69) is 10.6 Å². The average molecular weight is 248 g/mol. The third kappa shape index (κ3) is 2.75. The second-order valence-electron chi connectivity index (χ2n) is 5.58. The van der Waals surface area contributed by atoms with Gasteiger partial charge in [0.2, 0.25) is 5.91 Å². The van der Waals surface area contributed by atoms with Crippen LogP contribution in [0.4, 0.5) is 11.4 Å². The molecule has 1 aliphatic rings. The molecule has 0 saturated heterocycles. The lowest BCUT2D eigenvalue weighted by Gasteiger charge is -2.24. The van der Waals surface area contributed by atoms with E-state index in [-0.39, 0.29) is 17.6 Å². The fraction of sp³-hybridized carbons (Fsp3) is 0.500. The van der Waals surface area contributed by atoms with Crippen LogP contribution in [-0.4, -0.2) is 17.6 Å². The molecule has 1 aromatic carbocycles. The number of para-hydroxylation sites is 1. The Kier molecular flexibility index (Phi) is 3.20. The quantitative estimate of drug-likeness (QED) is 0.846. The topological polar surface area (TPSA) is 50.4 Å². The molecule has 1 aliphatic heterocycles. The van der Waals surface area contributed by atoms with Crippen molar-refractivity contribution in [1.82, 2.24) is 0 Å². The van der Waals surface area contributed by atoms with Crippen molar-refractivity contribution in [3.63, 3.8) is 0 Å². The van der Waals surface area contributed by atoms with Gasteiger partial charge in [-0.05, 0) is 39.8 Å². The van der Waals surface area contributed by atoms with Crippen LogP contribution >= 0.6 is 0 Å². The third-order valence-electron chi connectivity index (χ3n) is 2.73. The van der Waals surface area contributed by atoms with Gasteiger partial charge in [0, 0.05) is 12.0 Å². The van der Waals surface area contributed by atoms with E-state index in [9.17, 15) is 4.79 Å². The van der Waals surface area contributed by atoms with E-state index in [0.717, 1.165) is 11.4 Å². The Morgan fingerprint density at radius 2 is 2.06 bits per heavy atom. The number of amides is 1. The number of rotatable bonds is 2. The largest absolute Gasteiger partial charge is 0.489 e. The predicted molar refractivity (Wildman–Crippen MR) is 73.2 cm³/mol. The number of nitrogens with one attached hydrogen (secondary N) is 2.